The van der Waals surface area contributed by atoms with Crippen LogP contribution in [0.2, 0.25) is 0 Å². The smallest absolute Gasteiger partial charge is 0.123 e. The standard InChI is InChI=1S/C18H27NO2/c1-3-11-19-16-13-17(18(16)9-4-5-10-18)21-15-8-6-7-14(12-15)20-2/h6-8,12,16-17,19H,3-5,9-11,13H2,1-2H3. The second-order valence-electron chi connectivity index (χ2n) is 6.47. The molecule has 0 aliphatic heterocycles. The van der Waals surface area contributed by atoms with Crippen LogP contribution in [0, 0.1) is 5.41 Å². The van der Waals surface area contributed by atoms with Gasteiger partial charge >= 0.3 is 0 Å². The van der Waals surface area contributed by atoms with E-state index in [0.717, 1.165) is 24.5 Å². The molecular formula is C18H27NO2. The number of methoxy groups -OCH3 is 1. The fourth-order valence-electron chi connectivity index (χ4n) is 4.06. The lowest BCUT2D eigenvalue weighted by molar-refractivity contribution is -0.0760. The van der Waals surface area contributed by atoms with Gasteiger partial charge in [0.15, 0.2) is 0 Å². The Morgan fingerprint density at radius 1 is 1.24 bits per heavy atom. The summed E-state index contributed by atoms with van der Waals surface area (Å²) < 4.78 is 11.6. The molecule has 1 N–H and O–H groups in total. The molecule has 2 unspecified atom stereocenters. The van der Waals surface area contributed by atoms with Crippen molar-refractivity contribution >= 4 is 0 Å². The van der Waals surface area contributed by atoms with Gasteiger partial charge in [-0.05, 0) is 37.9 Å². The molecule has 2 aliphatic rings. The molecule has 0 radical (unpaired) electrons. The summed E-state index contributed by atoms with van der Waals surface area (Å²) in [6.07, 6.45) is 8.02. The van der Waals surface area contributed by atoms with E-state index in [-0.39, 0.29) is 0 Å². The third-order valence-electron chi connectivity index (χ3n) is 5.28. The summed E-state index contributed by atoms with van der Waals surface area (Å²) in [5, 5.41) is 3.74. The number of hydrogen-bond donors (Lipinski definition) is 1. The lowest BCUT2D eigenvalue weighted by Gasteiger charge is -2.54. The fourth-order valence-corrected chi connectivity index (χ4v) is 4.06. The average Bonchev–Trinajstić information content (AvgIpc) is 3.03. The maximum atomic E-state index is 6.32. The van der Waals surface area contributed by atoms with Crippen LogP contribution in [0.15, 0.2) is 24.3 Å². The highest BCUT2D eigenvalue weighted by Gasteiger charge is 2.57. The van der Waals surface area contributed by atoms with Gasteiger partial charge in [0, 0.05) is 23.9 Å². The number of benzene rings is 1. The molecule has 21 heavy (non-hydrogen) atoms. The summed E-state index contributed by atoms with van der Waals surface area (Å²) in [5.74, 6) is 1.81. The Hall–Kier alpha value is -1.22. The van der Waals surface area contributed by atoms with Gasteiger partial charge in [-0.1, -0.05) is 25.8 Å². The van der Waals surface area contributed by atoms with Crippen LogP contribution in [-0.4, -0.2) is 25.8 Å². The molecule has 2 atom stereocenters. The first-order valence-corrected chi connectivity index (χ1v) is 8.32. The van der Waals surface area contributed by atoms with Crippen LogP contribution in [0.25, 0.3) is 0 Å². The van der Waals surface area contributed by atoms with Crippen molar-refractivity contribution in [3.05, 3.63) is 24.3 Å². The summed E-state index contributed by atoms with van der Waals surface area (Å²) in [6, 6.07) is 8.65. The van der Waals surface area contributed by atoms with E-state index in [1.165, 1.54) is 32.1 Å². The molecule has 116 valence electrons. The van der Waals surface area contributed by atoms with Crippen molar-refractivity contribution in [1.29, 1.82) is 0 Å². The maximum absolute atomic E-state index is 6.32. The zero-order chi connectivity index (χ0) is 14.7. The average molecular weight is 289 g/mol. The van der Waals surface area contributed by atoms with E-state index in [4.69, 9.17) is 9.47 Å². The van der Waals surface area contributed by atoms with Gasteiger partial charge in [0.1, 0.15) is 17.6 Å². The van der Waals surface area contributed by atoms with Crippen LogP contribution >= 0.6 is 0 Å². The van der Waals surface area contributed by atoms with Crippen LogP contribution < -0.4 is 14.8 Å². The number of nitrogens with one attached hydrogen (secondary N) is 1. The second kappa shape index (κ2) is 6.27. The van der Waals surface area contributed by atoms with Gasteiger partial charge in [0.2, 0.25) is 0 Å². The predicted octanol–water partition coefficient (Wildman–Crippen LogP) is 3.77. The van der Waals surface area contributed by atoms with Crippen molar-refractivity contribution in [2.24, 2.45) is 5.41 Å². The molecular weight excluding hydrogens is 262 g/mol. The molecule has 1 aromatic rings. The van der Waals surface area contributed by atoms with Crippen molar-refractivity contribution in [2.45, 2.75) is 57.6 Å². The minimum absolute atomic E-state index is 0.362. The van der Waals surface area contributed by atoms with Crippen molar-refractivity contribution in [1.82, 2.24) is 5.32 Å². The van der Waals surface area contributed by atoms with Gasteiger partial charge in [-0.2, -0.15) is 0 Å². The molecule has 1 spiro atoms. The molecule has 2 saturated carbocycles. The SMILES string of the molecule is CCCNC1CC(Oc2cccc(OC)c2)C12CCCC2. The monoisotopic (exact) mass is 289 g/mol. The summed E-state index contributed by atoms with van der Waals surface area (Å²) in [6.45, 7) is 3.36. The van der Waals surface area contributed by atoms with E-state index < -0.39 is 0 Å². The lowest BCUT2D eigenvalue weighted by atomic mass is 9.60. The van der Waals surface area contributed by atoms with Crippen LogP contribution in [-0.2, 0) is 0 Å². The van der Waals surface area contributed by atoms with Crippen molar-refractivity contribution in [2.75, 3.05) is 13.7 Å². The van der Waals surface area contributed by atoms with Gasteiger partial charge < -0.3 is 14.8 Å². The summed E-state index contributed by atoms with van der Waals surface area (Å²) in [5.41, 5.74) is 0.373. The number of ether oxygens (including phenoxy) is 2. The van der Waals surface area contributed by atoms with Crippen LogP contribution in [0.4, 0.5) is 0 Å². The Morgan fingerprint density at radius 3 is 2.71 bits per heavy atom. The number of hydrogen-bond acceptors (Lipinski definition) is 3. The fraction of sp³-hybridized carbons (Fsp3) is 0.667. The van der Waals surface area contributed by atoms with E-state index in [1.54, 1.807) is 7.11 Å². The summed E-state index contributed by atoms with van der Waals surface area (Å²) in [7, 11) is 1.70. The predicted molar refractivity (Wildman–Crippen MR) is 85.0 cm³/mol. The van der Waals surface area contributed by atoms with Gasteiger partial charge in [-0.15, -0.1) is 0 Å². The Morgan fingerprint density at radius 2 is 2.00 bits per heavy atom. The second-order valence-corrected chi connectivity index (χ2v) is 6.47. The topological polar surface area (TPSA) is 30.5 Å². The summed E-state index contributed by atoms with van der Waals surface area (Å²) >= 11 is 0. The molecule has 0 bridgehead atoms. The van der Waals surface area contributed by atoms with Crippen molar-refractivity contribution in [3.8, 4) is 11.5 Å². The normalized spacial score (nSPS) is 26.6. The van der Waals surface area contributed by atoms with Gasteiger partial charge in [0.05, 0.1) is 7.11 Å². The van der Waals surface area contributed by atoms with Crippen molar-refractivity contribution < 1.29 is 9.47 Å². The Labute approximate surface area is 128 Å². The molecule has 2 fully saturated rings. The third kappa shape index (κ3) is 2.76. The third-order valence-corrected chi connectivity index (χ3v) is 5.28. The van der Waals surface area contributed by atoms with Crippen molar-refractivity contribution in [3.63, 3.8) is 0 Å². The summed E-state index contributed by atoms with van der Waals surface area (Å²) in [4.78, 5) is 0. The van der Waals surface area contributed by atoms with Gasteiger partial charge in [-0.25, -0.2) is 0 Å². The lowest BCUT2D eigenvalue weighted by Crippen LogP contribution is -2.63. The molecule has 1 aromatic carbocycles. The zero-order valence-corrected chi connectivity index (χ0v) is 13.2. The van der Waals surface area contributed by atoms with E-state index in [2.05, 4.69) is 12.2 Å². The molecule has 0 heterocycles. The Kier molecular flexibility index (Phi) is 4.39. The Bertz CT molecular complexity index is 468. The van der Waals surface area contributed by atoms with E-state index in [0.29, 0.717) is 17.6 Å². The highest BCUT2D eigenvalue weighted by molar-refractivity contribution is 5.33. The first-order chi connectivity index (χ1) is 10.3. The molecule has 0 saturated heterocycles. The van der Waals surface area contributed by atoms with Crippen LogP contribution in [0.5, 0.6) is 11.5 Å². The van der Waals surface area contributed by atoms with Gasteiger partial charge in [0.25, 0.3) is 0 Å². The Balaban J connectivity index is 1.68. The van der Waals surface area contributed by atoms with E-state index in [1.807, 2.05) is 24.3 Å². The molecule has 3 rings (SSSR count). The molecule has 3 heteroatoms. The quantitative estimate of drug-likeness (QED) is 0.864. The molecule has 2 aliphatic carbocycles. The first kappa shape index (κ1) is 14.7. The first-order valence-electron chi connectivity index (χ1n) is 8.32. The maximum Gasteiger partial charge on any atom is 0.123 e. The molecule has 0 amide bonds. The van der Waals surface area contributed by atoms with E-state index in [9.17, 15) is 0 Å². The molecule has 0 aromatic heterocycles. The molecule has 3 nitrogen and oxygen atoms in total. The van der Waals surface area contributed by atoms with Crippen LogP contribution in [0.3, 0.4) is 0 Å². The minimum Gasteiger partial charge on any atom is -0.497 e. The van der Waals surface area contributed by atoms with Crippen LogP contribution in [0.1, 0.15) is 45.4 Å². The largest absolute Gasteiger partial charge is 0.497 e. The highest BCUT2D eigenvalue weighted by Crippen LogP contribution is 2.54. The number of rotatable bonds is 6. The zero-order valence-electron chi connectivity index (χ0n) is 13.2. The minimum atomic E-state index is 0.362. The highest BCUT2D eigenvalue weighted by atomic mass is 16.5. The van der Waals surface area contributed by atoms with E-state index >= 15 is 0 Å². The van der Waals surface area contributed by atoms with Gasteiger partial charge in [-0.3, -0.25) is 0 Å².